The van der Waals surface area contributed by atoms with Gasteiger partial charge in [-0.25, -0.2) is 4.98 Å². The zero-order valence-electron chi connectivity index (χ0n) is 9.11. The maximum atomic E-state index is 10.2. The third-order valence-corrected chi connectivity index (χ3v) is 1.27. The van der Waals surface area contributed by atoms with Crippen LogP contribution in [0.5, 0.6) is 0 Å². The van der Waals surface area contributed by atoms with Crippen LogP contribution in [-0.4, -0.2) is 47.5 Å². The Morgan fingerprint density at radius 3 is 2.06 bits per heavy atom. The Hall–Kier alpha value is -1.66. The van der Waals surface area contributed by atoms with Gasteiger partial charge in [-0.05, 0) is 12.5 Å². The van der Waals surface area contributed by atoms with Crippen molar-refractivity contribution < 1.29 is 45.3 Å². The molecule has 98 valence electrons. The van der Waals surface area contributed by atoms with E-state index < -0.39 is 12.0 Å². The molecule has 1 atom stereocenters. The Kier molecular flexibility index (Phi) is 29.1. The van der Waals surface area contributed by atoms with Gasteiger partial charge in [0.1, 0.15) is 0 Å². The number of carboxylic acids is 1. The Balaban J connectivity index is -0.000000123. The zero-order valence-corrected chi connectivity index (χ0v) is 11.1. The third-order valence-electron chi connectivity index (χ3n) is 1.27. The number of rotatable bonds is 3. The number of nitrogens with one attached hydrogen (secondary N) is 2. The number of nitrogens with zero attached hydrogens (tertiary/aromatic N) is 1. The zero-order chi connectivity index (χ0) is 14.3. The van der Waals surface area contributed by atoms with Crippen LogP contribution in [0.1, 0.15) is 5.69 Å². The van der Waals surface area contributed by atoms with Gasteiger partial charge in [0.15, 0.2) is 0 Å². The number of imidazole rings is 1. The first-order valence-electron chi connectivity index (χ1n) is 3.82. The van der Waals surface area contributed by atoms with Crippen LogP contribution < -0.4 is 0 Å². The summed E-state index contributed by atoms with van der Waals surface area (Å²) in [6.07, 6.45) is 3.20. The molecule has 9 heteroatoms. The molecular formula is C9H11MoN3O5. The van der Waals surface area contributed by atoms with Gasteiger partial charge in [0.2, 0.25) is 0 Å². The van der Waals surface area contributed by atoms with Gasteiger partial charge in [-0.1, -0.05) is 0 Å². The Bertz CT molecular complexity index is 279. The quantitative estimate of drug-likeness (QED) is 0.438. The molecule has 0 aliphatic heterocycles. The summed E-state index contributed by atoms with van der Waals surface area (Å²) in [5.74, 6) is -1.12. The number of carboxylic acid groups (broad SMARTS) is 1. The SMILES string of the molecule is [CH-]=O.[CH-]=O.[CH-]=O.[Mo+4].[NH-]C(Cc1c[nH]cn1)C(=O)O. The van der Waals surface area contributed by atoms with E-state index in [2.05, 4.69) is 30.3 Å². The number of hydrogen-bond donors (Lipinski definition) is 2. The number of carbonyl (C=O) groups is 1. The predicted molar refractivity (Wildman–Crippen MR) is 58.3 cm³/mol. The summed E-state index contributed by atoms with van der Waals surface area (Å²) >= 11 is 0. The topological polar surface area (TPSA) is 141 Å². The number of aromatic nitrogens is 2. The van der Waals surface area contributed by atoms with Crippen LogP contribution in [0.15, 0.2) is 12.5 Å². The van der Waals surface area contributed by atoms with E-state index in [1.807, 2.05) is 0 Å². The van der Waals surface area contributed by atoms with Crippen LogP contribution in [0.25, 0.3) is 5.73 Å². The summed E-state index contributed by atoms with van der Waals surface area (Å²) in [6.45, 7) is 9.75. The predicted octanol–water partition coefficient (Wildman–Crippen LogP) is -0.367. The van der Waals surface area contributed by atoms with Crippen molar-refractivity contribution in [2.45, 2.75) is 12.5 Å². The van der Waals surface area contributed by atoms with Crippen LogP contribution in [0.2, 0.25) is 0 Å². The van der Waals surface area contributed by atoms with Crippen LogP contribution in [-0.2, 0) is 46.7 Å². The molecule has 1 aromatic heterocycles. The van der Waals surface area contributed by atoms with Crippen molar-refractivity contribution in [2.75, 3.05) is 0 Å². The van der Waals surface area contributed by atoms with Gasteiger partial charge in [0.25, 0.3) is 5.97 Å². The number of aliphatic carboxylic acids is 1. The van der Waals surface area contributed by atoms with Crippen molar-refractivity contribution in [2.24, 2.45) is 0 Å². The molecule has 8 nitrogen and oxygen atoms in total. The van der Waals surface area contributed by atoms with Crippen molar-refractivity contribution in [3.63, 3.8) is 0 Å². The Morgan fingerprint density at radius 2 is 1.78 bits per heavy atom. The molecule has 18 heavy (non-hydrogen) atoms. The fourth-order valence-corrected chi connectivity index (χ4v) is 0.699. The molecule has 0 radical (unpaired) electrons. The maximum Gasteiger partial charge on any atom is 4.00 e. The van der Waals surface area contributed by atoms with E-state index >= 15 is 0 Å². The summed E-state index contributed by atoms with van der Waals surface area (Å²) in [6, 6.07) is -1.11. The number of H-pyrrole nitrogens is 1. The molecule has 0 saturated carbocycles. The minimum absolute atomic E-state index is 0. The Morgan fingerprint density at radius 1 is 1.33 bits per heavy atom. The second-order valence-corrected chi connectivity index (χ2v) is 2.16. The van der Waals surface area contributed by atoms with Crippen LogP contribution in [0.3, 0.4) is 0 Å². The van der Waals surface area contributed by atoms with Crippen molar-refractivity contribution >= 4 is 26.3 Å². The van der Waals surface area contributed by atoms with Gasteiger partial charge in [-0.3, -0.25) is 25.2 Å². The van der Waals surface area contributed by atoms with E-state index in [9.17, 15) is 4.79 Å². The van der Waals surface area contributed by atoms with E-state index in [1.165, 1.54) is 6.33 Å². The van der Waals surface area contributed by atoms with Crippen LogP contribution in [0.4, 0.5) is 0 Å². The van der Waals surface area contributed by atoms with Crippen molar-refractivity contribution in [3.05, 3.63) is 24.0 Å². The number of carbonyl (C=O) groups excluding carboxylic acids is 3. The normalized spacial score (nSPS) is 8.50. The van der Waals surface area contributed by atoms with E-state index in [-0.39, 0.29) is 27.5 Å². The molecule has 0 aromatic carbocycles. The van der Waals surface area contributed by atoms with E-state index in [0.29, 0.717) is 5.69 Å². The monoisotopic (exact) mass is 339 g/mol. The summed E-state index contributed by atoms with van der Waals surface area (Å²) in [5, 5.41) is 8.36. The summed E-state index contributed by atoms with van der Waals surface area (Å²) in [4.78, 5) is 39.9. The van der Waals surface area contributed by atoms with Gasteiger partial charge in [0, 0.05) is 6.20 Å². The number of aromatic amines is 1. The first kappa shape index (κ1) is 25.2. The van der Waals surface area contributed by atoms with E-state index in [1.54, 1.807) is 6.20 Å². The molecule has 0 fully saturated rings. The molecule has 0 amide bonds. The standard InChI is InChI=1S/C6H8N3O2.3CHO.Mo/c7-5(6(10)11)1-4-2-8-3-9-4;3*1-2;/h2-3,5,7H,1H2,(H,8,9)(H,10,11);3*1H;/q4*-1;+4. The first-order chi connectivity index (χ1) is 8.20. The fraction of sp³-hybridized carbons (Fsp3) is 0.222. The van der Waals surface area contributed by atoms with Gasteiger partial charge in [-0.15, -0.1) is 0 Å². The second kappa shape index (κ2) is 20.7. The molecule has 0 saturated heterocycles. The molecule has 1 unspecified atom stereocenters. The molecule has 1 heterocycles. The van der Waals surface area contributed by atoms with Crippen LogP contribution >= 0.6 is 0 Å². The van der Waals surface area contributed by atoms with E-state index in [4.69, 9.17) is 25.2 Å². The largest absolute Gasteiger partial charge is 4.00 e. The smallest absolute Gasteiger partial charge is 0.665 e. The molecule has 0 aliphatic carbocycles. The van der Waals surface area contributed by atoms with Gasteiger partial charge >= 0.3 is 21.1 Å². The van der Waals surface area contributed by atoms with E-state index in [0.717, 1.165) is 0 Å². The maximum absolute atomic E-state index is 10.2. The molecule has 3 N–H and O–H groups in total. The minimum atomic E-state index is -1.12. The average Bonchev–Trinajstić information content (AvgIpc) is 2.89. The van der Waals surface area contributed by atoms with Gasteiger partial charge in [0.05, 0.1) is 12.0 Å². The second-order valence-electron chi connectivity index (χ2n) is 2.16. The molecule has 1 rings (SSSR count). The van der Waals surface area contributed by atoms with Gasteiger partial charge < -0.3 is 30.2 Å². The molecule has 0 spiro atoms. The summed E-state index contributed by atoms with van der Waals surface area (Å²) in [5.41, 5.74) is 7.65. The molecular weight excluding hydrogens is 326 g/mol. The van der Waals surface area contributed by atoms with Crippen molar-refractivity contribution in [1.82, 2.24) is 9.97 Å². The fourth-order valence-electron chi connectivity index (χ4n) is 0.699. The van der Waals surface area contributed by atoms with Crippen LogP contribution in [0, 0.1) is 0 Å². The average molecular weight is 337 g/mol. The van der Waals surface area contributed by atoms with Crippen molar-refractivity contribution in [1.29, 1.82) is 0 Å². The minimum Gasteiger partial charge on any atom is -0.665 e. The van der Waals surface area contributed by atoms with Gasteiger partial charge in [-0.2, -0.15) is 0 Å². The molecule has 1 aromatic rings. The first-order valence-corrected chi connectivity index (χ1v) is 3.82. The number of hydrogen-bond acceptors (Lipinski definition) is 5. The van der Waals surface area contributed by atoms with Crippen molar-refractivity contribution in [3.8, 4) is 0 Å². The summed E-state index contributed by atoms with van der Waals surface area (Å²) < 4.78 is 0. The third kappa shape index (κ3) is 14.3. The molecule has 0 aliphatic rings. The summed E-state index contributed by atoms with van der Waals surface area (Å²) in [7, 11) is 0. The molecule has 0 bridgehead atoms. The Labute approximate surface area is 118 Å².